The van der Waals surface area contributed by atoms with E-state index in [1.54, 1.807) is 24.3 Å². The normalized spacial score (nSPS) is 14.3. The summed E-state index contributed by atoms with van der Waals surface area (Å²) in [4.78, 5) is 50.0. The standard InChI is InChI=1S/C23H37N5O6S/c1-35-12-10-17(26-20(30)16(25)14-29)21(31)28-19(13-15-7-3-2-4-8-15)22(32)27-18(23(33)34)9-5-6-11-24/h2-4,7-8,16-19,29H,5-6,9-14,24-25H2,1H3,(H,26,30)(H,27,32)(H,28,31)(H,33,34). The minimum Gasteiger partial charge on any atom is -0.480 e. The molecule has 0 spiro atoms. The lowest BCUT2D eigenvalue weighted by Gasteiger charge is -2.25. The molecule has 9 N–H and O–H groups in total. The maximum atomic E-state index is 13.1. The van der Waals surface area contributed by atoms with Crippen molar-refractivity contribution in [2.45, 2.75) is 56.3 Å². The summed E-state index contributed by atoms with van der Waals surface area (Å²) in [5, 5.41) is 26.3. The van der Waals surface area contributed by atoms with Crippen molar-refractivity contribution < 1.29 is 29.4 Å². The summed E-state index contributed by atoms with van der Waals surface area (Å²) >= 11 is 1.47. The summed E-state index contributed by atoms with van der Waals surface area (Å²) in [5.74, 6) is -2.58. The van der Waals surface area contributed by atoms with Gasteiger partial charge in [0.05, 0.1) is 6.61 Å². The van der Waals surface area contributed by atoms with Crippen LogP contribution in [0.25, 0.3) is 0 Å². The Bertz CT molecular complexity index is 813. The molecule has 0 fully saturated rings. The molecule has 4 unspecified atom stereocenters. The summed E-state index contributed by atoms with van der Waals surface area (Å²) < 4.78 is 0. The molecule has 4 atom stereocenters. The Morgan fingerprint density at radius 2 is 1.51 bits per heavy atom. The van der Waals surface area contributed by atoms with Crippen molar-refractivity contribution in [3.05, 3.63) is 35.9 Å². The lowest BCUT2D eigenvalue weighted by atomic mass is 10.0. The van der Waals surface area contributed by atoms with Crippen LogP contribution in [0.5, 0.6) is 0 Å². The minimum atomic E-state index is -1.19. The van der Waals surface area contributed by atoms with Gasteiger partial charge in [-0.2, -0.15) is 11.8 Å². The van der Waals surface area contributed by atoms with Crippen LogP contribution in [0.2, 0.25) is 0 Å². The number of nitrogens with one attached hydrogen (secondary N) is 3. The molecule has 1 rings (SSSR count). The average molecular weight is 512 g/mol. The van der Waals surface area contributed by atoms with Crippen molar-refractivity contribution in [3.63, 3.8) is 0 Å². The van der Waals surface area contributed by atoms with Crippen LogP contribution in [0.1, 0.15) is 31.2 Å². The third-order valence-corrected chi connectivity index (χ3v) is 5.90. The van der Waals surface area contributed by atoms with Crippen LogP contribution in [0, 0.1) is 0 Å². The second-order valence-corrected chi connectivity index (χ2v) is 9.05. The quantitative estimate of drug-likeness (QED) is 0.128. The minimum absolute atomic E-state index is 0.118. The first-order valence-electron chi connectivity index (χ1n) is 11.5. The van der Waals surface area contributed by atoms with Gasteiger partial charge in [0.25, 0.3) is 0 Å². The summed E-state index contributed by atoms with van der Waals surface area (Å²) in [6, 6.07) is 4.58. The molecule has 0 aliphatic carbocycles. The second kappa shape index (κ2) is 16.9. The predicted molar refractivity (Wildman–Crippen MR) is 135 cm³/mol. The Morgan fingerprint density at radius 3 is 2.09 bits per heavy atom. The van der Waals surface area contributed by atoms with E-state index >= 15 is 0 Å². The number of hydrogen-bond donors (Lipinski definition) is 7. The third-order valence-electron chi connectivity index (χ3n) is 5.25. The number of carbonyl (C=O) groups excluding carboxylic acids is 3. The number of aliphatic hydroxyl groups excluding tert-OH is 1. The largest absolute Gasteiger partial charge is 0.480 e. The Balaban J connectivity index is 3.05. The van der Waals surface area contributed by atoms with Crippen molar-refractivity contribution in [2.24, 2.45) is 11.5 Å². The van der Waals surface area contributed by atoms with Crippen LogP contribution < -0.4 is 27.4 Å². The highest BCUT2D eigenvalue weighted by atomic mass is 32.2. The van der Waals surface area contributed by atoms with Gasteiger partial charge in [-0.3, -0.25) is 14.4 Å². The molecule has 0 aromatic heterocycles. The molecule has 12 heteroatoms. The summed E-state index contributed by atoms with van der Waals surface area (Å²) in [6.07, 6.45) is 3.59. The molecular weight excluding hydrogens is 474 g/mol. The Morgan fingerprint density at radius 1 is 0.914 bits per heavy atom. The molecule has 0 saturated heterocycles. The number of hydrogen-bond acceptors (Lipinski definition) is 8. The summed E-state index contributed by atoms with van der Waals surface area (Å²) in [7, 11) is 0. The Kier molecular flexibility index (Phi) is 14.6. The molecule has 0 aliphatic heterocycles. The molecule has 196 valence electrons. The molecule has 1 aromatic carbocycles. The van der Waals surface area contributed by atoms with E-state index in [0.29, 0.717) is 25.1 Å². The average Bonchev–Trinajstić information content (AvgIpc) is 2.85. The molecule has 0 heterocycles. The molecular formula is C23H37N5O6S. The first-order chi connectivity index (χ1) is 16.7. The lowest BCUT2D eigenvalue weighted by Crippen LogP contribution is -2.58. The maximum absolute atomic E-state index is 13.1. The highest BCUT2D eigenvalue weighted by Gasteiger charge is 2.30. The lowest BCUT2D eigenvalue weighted by molar-refractivity contribution is -0.142. The van der Waals surface area contributed by atoms with Gasteiger partial charge in [-0.15, -0.1) is 0 Å². The van der Waals surface area contributed by atoms with E-state index < -0.39 is 54.5 Å². The molecule has 3 amide bonds. The number of benzene rings is 1. The zero-order valence-corrected chi connectivity index (χ0v) is 20.8. The summed E-state index contributed by atoms with van der Waals surface area (Å²) in [6.45, 7) is -0.168. The van der Waals surface area contributed by atoms with E-state index in [-0.39, 0.29) is 19.3 Å². The number of aliphatic hydroxyl groups is 1. The first kappa shape index (κ1) is 30.4. The number of unbranched alkanes of at least 4 members (excludes halogenated alkanes) is 1. The maximum Gasteiger partial charge on any atom is 0.326 e. The topological polar surface area (TPSA) is 197 Å². The van der Waals surface area contributed by atoms with E-state index in [1.165, 1.54) is 11.8 Å². The van der Waals surface area contributed by atoms with E-state index in [1.807, 2.05) is 12.3 Å². The van der Waals surface area contributed by atoms with Gasteiger partial charge in [0.1, 0.15) is 24.2 Å². The van der Waals surface area contributed by atoms with Gasteiger partial charge in [-0.25, -0.2) is 4.79 Å². The van der Waals surface area contributed by atoms with E-state index in [9.17, 15) is 24.3 Å². The zero-order chi connectivity index (χ0) is 26.2. The number of amides is 3. The first-order valence-corrected chi connectivity index (χ1v) is 12.9. The van der Waals surface area contributed by atoms with Crippen molar-refractivity contribution in [3.8, 4) is 0 Å². The van der Waals surface area contributed by atoms with Crippen molar-refractivity contribution in [2.75, 3.05) is 25.2 Å². The van der Waals surface area contributed by atoms with E-state index in [4.69, 9.17) is 16.6 Å². The van der Waals surface area contributed by atoms with Gasteiger partial charge in [-0.1, -0.05) is 30.3 Å². The highest BCUT2D eigenvalue weighted by molar-refractivity contribution is 7.98. The van der Waals surface area contributed by atoms with Crippen LogP contribution in [-0.4, -0.2) is 83.2 Å². The number of thioether (sulfide) groups is 1. The van der Waals surface area contributed by atoms with E-state index in [2.05, 4.69) is 16.0 Å². The molecule has 11 nitrogen and oxygen atoms in total. The number of nitrogens with two attached hydrogens (primary N) is 2. The number of carboxylic acids is 1. The van der Waals surface area contributed by atoms with Crippen LogP contribution in [-0.2, 0) is 25.6 Å². The van der Waals surface area contributed by atoms with Gasteiger partial charge in [0.2, 0.25) is 17.7 Å². The van der Waals surface area contributed by atoms with Crippen molar-refractivity contribution in [1.29, 1.82) is 0 Å². The van der Waals surface area contributed by atoms with Gasteiger partial charge < -0.3 is 37.6 Å². The third kappa shape index (κ3) is 11.5. The molecule has 35 heavy (non-hydrogen) atoms. The van der Waals surface area contributed by atoms with Crippen molar-refractivity contribution >= 4 is 35.5 Å². The summed E-state index contributed by atoms with van der Waals surface area (Å²) in [5.41, 5.74) is 11.8. The molecule has 0 bridgehead atoms. The van der Waals surface area contributed by atoms with Crippen LogP contribution >= 0.6 is 11.8 Å². The fourth-order valence-electron chi connectivity index (χ4n) is 3.22. The predicted octanol–water partition coefficient (Wildman–Crippen LogP) is -1.03. The Hall–Kier alpha value is -2.67. The fraction of sp³-hybridized carbons (Fsp3) is 0.565. The number of carbonyl (C=O) groups is 4. The number of aliphatic carboxylic acids is 1. The molecule has 1 aromatic rings. The SMILES string of the molecule is CSCCC(NC(=O)C(N)CO)C(=O)NC(Cc1ccccc1)C(=O)NC(CCCCN)C(=O)O. The molecule has 0 radical (unpaired) electrons. The van der Waals surface area contributed by atoms with Gasteiger partial charge in [0, 0.05) is 6.42 Å². The number of rotatable bonds is 17. The van der Waals surface area contributed by atoms with Crippen molar-refractivity contribution in [1.82, 2.24) is 16.0 Å². The second-order valence-electron chi connectivity index (χ2n) is 8.07. The Labute approximate surface area is 209 Å². The highest BCUT2D eigenvalue weighted by Crippen LogP contribution is 2.08. The van der Waals surface area contributed by atoms with Gasteiger partial charge in [0.15, 0.2) is 0 Å². The molecule has 0 aliphatic rings. The van der Waals surface area contributed by atoms with Crippen LogP contribution in [0.3, 0.4) is 0 Å². The smallest absolute Gasteiger partial charge is 0.326 e. The van der Waals surface area contributed by atoms with Crippen LogP contribution in [0.15, 0.2) is 30.3 Å². The van der Waals surface area contributed by atoms with E-state index in [0.717, 1.165) is 5.56 Å². The monoisotopic (exact) mass is 511 g/mol. The van der Waals surface area contributed by atoms with Gasteiger partial charge >= 0.3 is 5.97 Å². The van der Waals surface area contributed by atoms with Gasteiger partial charge in [-0.05, 0) is 49.8 Å². The molecule has 0 saturated carbocycles. The zero-order valence-electron chi connectivity index (χ0n) is 19.9. The van der Waals surface area contributed by atoms with Crippen LogP contribution in [0.4, 0.5) is 0 Å². The fourth-order valence-corrected chi connectivity index (χ4v) is 3.69. The number of carboxylic acid groups (broad SMARTS) is 1.